The van der Waals surface area contributed by atoms with Crippen molar-refractivity contribution in [2.24, 2.45) is 0 Å². The summed E-state index contributed by atoms with van der Waals surface area (Å²) in [6, 6.07) is 5.75. The van der Waals surface area contributed by atoms with Gasteiger partial charge in [-0.2, -0.15) is 0 Å². The fraction of sp³-hybridized carbons (Fsp3) is 0.469. The van der Waals surface area contributed by atoms with Crippen LogP contribution in [0.4, 0.5) is 20.3 Å². The molecule has 0 saturated carbocycles. The van der Waals surface area contributed by atoms with Crippen molar-refractivity contribution in [1.82, 2.24) is 14.9 Å². The maximum Gasteiger partial charge on any atom is 0.251 e. The number of benzene rings is 2. The maximum absolute atomic E-state index is 14.6. The van der Waals surface area contributed by atoms with E-state index in [0.29, 0.717) is 53.9 Å². The first kappa shape index (κ1) is 35.1. The molecule has 4 rings (SSSR count). The van der Waals surface area contributed by atoms with E-state index in [1.165, 1.54) is 19.5 Å². The fourth-order valence-electron chi connectivity index (χ4n) is 4.78. The monoisotopic (exact) mass is 724 g/mol. The fourth-order valence-corrected chi connectivity index (χ4v) is 6.91. The van der Waals surface area contributed by atoms with E-state index >= 15 is 0 Å². The van der Waals surface area contributed by atoms with E-state index < -0.39 is 31.1 Å². The third-order valence-electron chi connectivity index (χ3n) is 8.49. The number of carbonyl (C=O) groups excluding carboxylic acids is 1. The summed E-state index contributed by atoms with van der Waals surface area (Å²) in [5, 5.41) is 2.79. The molecule has 1 N–H and O–H groups in total. The number of carbonyl (C=O) groups is 1. The number of likely N-dealkylation sites (tertiary alicyclic amines) is 1. The molecule has 1 aliphatic rings. The van der Waals surface area contributed by atoms with Crippen LogP contribution in [0.15, 0.2) is 42.7 Å². The molecular weight excluding hydrogens is 686 g/mol. The van der Waals surface area contributed by atoms with Crippen molar-refractivity contribution in [2.45, 2.75) is 75.7 Å². The highest BCUT2D eigenvalue weighted by molar-refractivity contribution is 9.09. The molecule has 2 atom stereocenters. The second-order valence-corrected chi connectivity index (χ2v) is 19.3. The first-order valence-corrected chi connectivity index (χ1v) is 18.9. The summed E-state index contributed by atoms with van der Waals surface area (Å²) >= 11 is 9.41. The van der Waals surface area contributed by atoms with Crippen LogP contribution in [0.5, 0.6) is 11.5 Å². The zero-order chi connectivity index (χ0) is 33.3. The van der Waals surface area contributed by atoms with Gasteiger partial charge in [-0.3, -0.25) is 4.79 Å². The molecule has 1 fully saturated rings. The number of piperidine rings is 1. The number of anilines is 2. The van der Waals surface area contributed by atoms with Crippen molar-refractivity contribution in [1.29, 1.82) is 0 Å². The second-order valence-electron chi connectivity index (χ2n) is 12.7. The topological polar surface area (TPSA) is 85.8 Å². The van der Waals surface area contributed by atoms with Crippen LogP contribution in [0.1, 0.15) is 40.5 Å². The number of halogens is 4. The molecule has 8 nitrogen and oxygen atoms in total. The standard InChI is InChI=1S/C32H40BrClF2N4O4Si/c1-18(29(19(2)33)44-45(7,8)32(3,4)5)31(41)40-13-11-20(12-14-40)43-26-15-21-24(16-25(26)42-6)37-17-38-30(21)39-23-10-9-22(35)27(34)28(23)36/h9-10,15-17,19-20,29H,1,11-14H2,2-8H3,(H,37,38,39). The molecule has 0 spiro atoms. The number of nitrogens with one attached hydrogen (secondary N) is 1. The van der Waals surface area contributed by atoms with Crippen molar-refractivity contribution in [3.8, 4) is 11.5 Å². The summed E-state index contributed by atoms with van der Waals surface area (Å²) in [5.74, 6) is -0.712. The van der Waals surface area contributed by atoms with E-state index in [1.807, 2.05) is 6.92 Å². The predicted molar refractivity (Wildman–Crippen MR) is 181 cm³/mol. The number of rotatable bonds is 10. The van der Waals surface area contributed by atoms with Gasteiger partial charge in [0, 0.05) is 47.8 Å². The molecule has 1 aromatic heterocycles. The minimum atomic E-state index is -2.15. The van der Waals surface area contributed by atoms with Crippen molar-refractivity contribution in [2.75, 3.05) is 25.5 Å². The smallest absolute Gasteiger partial charge is 0.251 e. The van der Waals surface area contributed by atoms with Gasteiger partial charge in [0.05, 0.1) is 24.4 Å². The Labute approximate surface area is 277 Å². The Bertz CT molecular complexity index is 1580. The van der Waals surface area contributed by atoms with Crippen molar-refractivity contribution in [3.05, 3.63) is 59.4 Å². The highest BCUT2D eigenvalue weighted by atomic mass is 79.9. The van der Waals surface area contributed by atoms with E-state index in [9.17, 15) is 13.6 Å². The number of amides is 1. The minimum Gasteiger partial charge on any atom is -0.493 e. The lowest BCUT2D eigenvalue weighted by Crippen LogP contribution is -2.49. The molecule has 1 saturated heterocycles. The summed E-state index contributed by atoms with van der Waals surface area (Å²) in [5.41, 5.74) is 0.933. The summed E-state index contributed by atoms with van der Waals surface area (Å²) in [6.45, 7) is 18.0. The molecule has 2 heterocycles. The van der Waals surface area contributed by atoms with Gasteiger partial charge in [0.15, 0.2) is 25.6 Å². The van der Waals surface area contributed by atoms with Gasteiger partial charge in [0.25, 0.3) is 5.91 Å². The molecule has 1 aliphatic heterocycles. The number of hydrogen-bond acceptors (Lipinski definition) is 7. The lowest BCUT2D eigenvalue weighted by molar-refractivity contribution is -0.129. The van der Waals surface area contributed by atoms with Crippen molar-refractivity contribution < 1.29 is 27.5 Å². The van der Waals surface area contributed by atoms with Crippen LogP contribution in [-0.2, 0) is 9.22 Å². The SMILES string of the molecule is C=C(C(=O)N1CCC(Oc2cc3c(Nc4ccc(F)c(Cl)c4F)ncnc3cc2OC)CC1)C(O[Si](C)(C)C(C)(C)C)C(C)Br. The van der Waals surface area contributed by atoms with Crippen molar-refractivity contribution >= 4 is 64.2 Å². The van der Waals surface area contributed by atoms with Crippen LogP contribution in [0.2, 0.25) is 23.2 Å². The number of fused-ring (bicyclic) bond motifs is 1. The molecule has 13 heteroatoms. The number of methoxy groups -OCH3 is 1. The summed E-state index contributed by atoms with van der Waals surface area (Å²) in [7, 11) is -0.620. The number of ether oxygens (including phenoxy) is 2. The normalized spacial score (nSPS) is 15.9. The van der Waals surface area contributed by atoms with Crippen LogP contribution < -0.4 is 14.8 Å². The Kier molecular flexibility index (Phi) is 10.8. The average Bonchev–Trinajstić information content (AvgIpc) is 2.99. The van der Waals surface area contributed by atoms with Gasteiger partial charge < -0.3 is 24.1 Å². The van der Waals surface area contributed by atoms with Crippen LogP contribution in [0.3, 0.4) is 0 Å². The molecule has 0 aliphatic carbocycles. The number of aromatic nitrogens is 2. The Morgan fingerprint density at radius 3 is 2.44 bits per heavy atom. The lowest BCUT2D eigenvalue weighted by Gasteiger charge is -2.41. The third-order valence-corrected chi connectivity index (χ3v) is 13.8. The average molecular weight is 726 g/mol. The van der Waals surface area contributed by atoms with Crippen LogP contribution in [0.25, 0.3) is 10.9 Å². The first-order chi connectivity index (χ1) is 21.0. The summed E-state index contributed by atoms with van der Waals surface area (Å²) < 4.78 is 46.9. The predicted octanol–water partition coefficient (Wildman–Crippen LogP) is 8.41. The zero-order valence-electron chi connectivity index (χ0n) is 26.6. The largest absolute Gasteiger partial charge is 0.493 e. The zero-order valence-corrected chi connectivity index (χ0v) is 30.0. The highest BCUT2D eigenvalue weighted by Gasteiger charge is 2.42. The van der Waals surface area contributed by atoms with Crippen LogP contribution in [-0.4, -0.2) is 66.3 Å². The van der Waals surface area contributed by atoms with E-state index in [-0.39, 0.29) is 33.4 Å². The van der Waals surface area contributed by atoms with Crippen LogP contribution >= 0.6 is 27.5 Å². The Balaban J connectivity index is 1.48. The van der Waals surface area contributed by atoms with E-state index in [0.717, 1.165) is 6.07 Å². The summed E-state index contributed by atoms with van der Waals surface area (Å²) in [6.07, 6.45) is 1.88. The van der Waals surface area contributed by atoms with Crippen molar-refractivity contribution in [3.63, 3.8) is 0 Å². The molecule has 1 amide bonds. The third kappa shape index (κ3) is 7.78. The number of alkyl halides is 1. The minimum absolute atomic E-state index is 0.0101. The van der Waals surface area contributed by atoms with Gasteiger partial charge in [-0.1, -0.05) is 54.9 Å². The quantitative estimate of drug-likeness (QED) is 0.0973. The molecule has 3 aromatic rings. The molecular formula is C32H40BrClF2N4O4Si. The van der Waals surface area contributed by atoms with Crippen LogP contribution in [0, 0.1) is 11.6 Å². The van der Waals surface area contributed by atoms with E-state index in [4.69, 9.17) is 25.5 Å². The highest BCUT2D eigenvalue weighted by Crippen LogP contribution is 2.40. The molecule has 0 bridgehead atoms. The van der Waals surface area contributed by atoms with Gasteiger partial charge in [-0.25, -0.2) is 18.7 Å². The van der Waals surface area contributed by atoms with Gasteiger partial charge in [-0.05, 0) is 43.3 Å². The molecule has 2 aromatic carbocycles. The lowest BCUT2D eigenvalue weighted by atomic mass is 10.0. The van der Waals surface area contributed by atoms with Gasteiger partial charge in [0.1, 0.15) is 29.1 Å². The second kappa shape index (κ2) is 13.9. The first-order valence-electron chi connectivity index (χ1n) is 14.7. The van der Waals surface area contributed by atoms with Gasteiger partial charge in [-0.15, -0.1) is 0 Å². The van der Waals surface area contributed by atoms with E-state index in [2.05, 4.69) is 71.7 Å². The van der Waals surface area contributed by atoms with E-state index in [1.54, 1.807) is 17.0 Å². The maximum atomic E-state index is 14.6. The Hall–Kier alpha value is -2.80. The molecule has 45 heavy (non-hydrogen) atoms. The molecule has 0 radical (unpaired) electrons. The Morgan fingerprint density at radius 2 is 1.84 bits per heavy atom. The Morgan fingerprint density at radius 1 is 1.18 bits per heavy atom. The number of hydrogen-bond donors (Lipinski definition) is 1. The van der Waals surface area contributed by atoms with Gasteiger partial charge in [0.2, 0.25) is 0 Å². The van der Waals surface area contributed by atoms with Gasteiger partial charge >= 0.3 is 0 Å². The molecule has 244 valence electrons. The number of nitrogens with zero attached hydrogens (tertiary/aromatic N) is 3. The molecule has 2 unspecified atom stereocenters. The summed E-state index contributed by atoms with van der Waals surface area (Å²) in [4.78, 5) is 23.8.